The van der Waals surface area contributed by atoms with Crippen LogP contribution in [0.4, 0.5) is 4.79 Å². The van der Waals surface area contributed by atoms with Gasteiger partial charge in [-0.15, -0.1) is 0 Å². The van der Waals surface area contributed by atoms with Gasteiger partial charge >= 0.3 is 6.16 Å². The van der Waals surface area contributed by atoms with Crippen molar-refractivity contribution < 1.29 is 19.0 Å². The first-order chi connectivity index (χ1) is 15.0. The number of pyridine rings is 2. The summed E-state index contributed by atoms with van der Waals surface area (Å²) in [7, 11) is 1.60. The van der Waals surface area contributed by atoms with Gasteiger partial charge in [-0.05, 0) is 56.5 Å². The number of rotatable bonds is 7. The number of hydrogen-bond donors (Lipinski definition) is 1. The third-order valence-electron chi connectivity index (χ3n) is 4.96. The predicted octanol–water partition coefficient (Wildman–Crippen LogP) is 4.97. The number of methoxy groups -OCH3 is 1. The van der Waals surface area contributed by atoms with Crippen LogP contribution in [0.1, 0.15) is 30.7 Å². The van der Waals surface area contributed by atoms with E-state index in [1.165, 1.54) is 5.56 Å². The molecule has 1 N–H and O–H groups in total. The van der Waals surface area contributed by atoms with Crippen molar-refractivity contribution in [2.24, 2.45) is 0 Å². The number of hydrogen-bond acceptors (Lipinski definition) is 6. The number of fused-ring (bicyclic) bond motifs is 3. The summed E-state index contributed by atoms with van der Waals surface area (Å²) in [5, 5.41) is 1.96. The highest BCUT2D eigenvalue weighted by Gasteiger charge is 2.19. The smallest absolute Gasteiger partial charge is 0.431 e. The van der Waals surface area contributed by atoms with Crippen LogP contribution in [-0.4, -0.2) is 34.3 Å². The predicted molar refractivity (Wildman–Crippen MR) is 118 cm³/mol. The summed E-state index contributed by atoms with van der Waals surface area (Å²) in [6.45, 7) is 3.78. The molecule has 0 saturated heterocycles. The van der Waals surface area contributed by atoms with Crippen molar-refractivity contribution in [3.63, 3.8) is 0 Å². The van der Waals surface area contributed by atoms with Crippen molar-refractivity contribution in [2.75, 3.05) is 7.11 Å². The summed E-state index contributed by atoms with van der Waals surface area (Å²) in [4.78, 5) is 24.2. The van der Waals surface area contributed by atoms with E-state index in [2.05, 4.69) is 33.2 Å². The molecule has 0 amide bonds. The third-order valence-corrected chi connectivity index (χ3v) is 4.96. The average molecular weight is 419 g/mol. The normalized spacial score (nSPS) is 11.4. The molecule has 160 valence electrons. The third kappa shape index (κ3) is 4.67. The van der Waals surface area contributed by atoms with Crippen LogP contribution in [0.15, 0.2) is 48.8 Å². The molecule has 7 heteroatoms. The van der Waals surface area contributed by atoms with E-state index >= 15 is 0 Å². The zero-order chi connectivity index (χ0) is 21.8. The van der Waals surface area contributed by atoms with Crippen molar-refractivity contribution in [2.45, 2.75) is 39.4 Å². The summed E-state index contributed by atoms with van der Waals surface area (Å²) >= 11 is 0. The summed E-state index contributed by atoms with van der Waals surface area (Å²) < 4.78 is 15.9. The van der Waals surface area contributed by atoms with Crippen molar-refractivity contribution >= 4 is 28.0 Å². The van der Waals surface area contributed by atoms with Gasteiger partial charge in [0, 0.05) is 35.3 Å². The van der Waals surface area contributed by atoms with Gasteiger partial charge in [-0.3, -0.25) is 4.98 Å². The van der Waals surface area contributed by atoms with E-state index in [9.17, 15) is 4.79 Å². The standard InChI is InChI=1S/C24H25N3O4/c1-15(2)30-24(28)31-23-19(14-29-3)22-18-12-16(7-9-17-6-4-5-11-25-17)8-10-20(18)27-21(22)13-26-23/h4-6,8,10-13,15,27H,7,9,14H2,1-3H3. The summed E-state index contributed by atoms with van der Waals surface area (Å²) in [5.41, 5.74) is 4.80. The van der Waals surface area contributed by atoms with E-state index in [-0.39, 0.29) is 18.6 Å². The number of aryl methyl sites for hydroxylation is 2. The molecular weight excluding hydrogens is 394 g/mol. The molecule has 0 fully saturated rings. The summed E-state index contributed by atoms with van der Waals surface area (Å²) in [6.07, 6.45) is 4.14. The Morgan fingerprint density at radius 3 is 2.71 bits per heavy atom. The molecule has 0 bridgehead atoms. The Morgan fingerprint density at radius 1 is 1.10 bits per heavy atom. The number of nitrogens with zero attached hydrogens (tertiary/aromatic N) is 2. The quantitative estimate of drug-likeness (QED) is 0.426. The Morgan fingerprint density at radius 2 is 1.97 bits per heavy atom. The number of benzene rings is 1. The van der Waals surface area contributed by atoms with Gasteiger partial charge < -0.3 is 19.2 Å². The largest absolute Gasteiger partial charge is 0.515 e. The van der Waals surface area contributed by atoms with Crippen molar-refractivity contribution in [1.82, 2.24) is 15.0 Å². The SMILES string of the molecule is COCc1c(OC(=O)OC(C)C)ncc2[nH]c3ccc(CCc4ccccn4)cc3c12. The van der Waals surface area contributed by atoms with Gasteiger partial charge in [0.25, 0.3) is 0 Å². The first-order valence-corrected chi connectivity index (χ1v) is 10.2. The molecule has 0 unspecified atom stereocenters. The number of carbonyl (C=O) groups is 1. The summed E-state index contributed by atoms with van der Waals surface area (Å²) in [5.74, 6) is 0.194. The summed E-state index contributed by atoms with van der Waals surface area (Å²) in [6, 6.07) is 12.3. The average Bonchev–Trinajstić information content (AvgIpc) is 3.12. The van der Waals surface area contributed by atoms with Gasteiger partial charge in [0.05, 0.1) is 30.0 Å². The van der Waals surface area contributed by atoms with Crippen molar-refractivity contribution in [1.29, 1.82) is 0 Å². The highest BCUT2D eigenvalue weighted by molar-refractivity contribution is 6.09. The molecule has 3 heterocycles. The van der Waals surface area contributed by atoms with Crippen LogP contribution in [0.25, 0.3) is 21.8 Å². The van der Waals surface area contributed by atoms with E-state index in [1.54, 1.807) is 27.2 Å². The van der Waals surface area contributed by atoms with E-state index in [0.29, 0.717) is 5.56 Å². The topological polar surface area (TPSA) is 86.3 Å². The van der Waals surface area contributed by atoms with Gasteiger partial charge in [-0.25, -0.2) is 9.78 Å². The number of ether oxygens (including phenoxy) is 3. The Kier molecular flexibility index (Phi) is 6.13. The minimum absolute atomic E-state index is 0.194. The van der Waals surface area contributed by atoms with Gasteiger partial charge in [0.2, 0.25) is 5.88 Å². The van der Waals surface area contributed by atoms with Gasteiger partial charge in [-0.1, -0.05) is 12.1 Å². The van der Waals surface area contributed by atoms with Crippen molar-refractivity contribution in [3.8, 4) is 5.88 Å². The Bertz CT molecular complexity index is 1200. The molecule has 0 saturated carbocycles. The van der Waals surface area contributed by atoms with Crippen LogP contribution in [0.5, 0.6) is 5.88 Å². The lowest BCUT2D eigenvalue weighted by molar-refractivity contribution is 0.0705. The first-order valence-electron chi connectivity index (χ1n) is 10.2. The molecule has 4 rings (SSSR count). The lowest BCUT2D eigenvalue weighted by atomic mass is 10.0. The molecular formula is C24H25N3O4. The molecule has 0 radical (unpaired) electrons. The van der Waals surface area contributed by atoms with Crippen LogP contribution in [0, 0.1) is 0 Å². The van der Waals surface area contributed by atoms with E-state index in [1.807, 2.05) is 24.4 Å². The van der Waals surface area contributed by atoms with Gasteiger partial charge in [0.15, 0.2) is 0 Å². The van der Waals surface area contributed by atoms with Crippen LogP contribution in [-0.2, 0) is 28.9 Å². The lowest BCUT2D eigenvalue weighted by Crippen LogP contribution is -2.17. The number of aromatic nitrogens is 3. The van der Waals surface area contributed by atoms with E-state index in [4.69, 9.17) is 14.2 Å². The number of aromatic amines is 1. The van der Waals surface area contributed by atoms with Crippen LogP contribution in [0.2, 0.25) is 0 Å². The maximum absolute atomic E-state index is 12.1. The second-order valence-corrected chi connectivity index (χ2v) is 7.61. The van der Waals surface area contributed by atoms with Gasteiger partial charge in [-0.2, -0.15) is 0 Å². The molecule has 0 aliphatic rings. The molecule has 31 heavy (non-hydrogen) atoms. The van der Waals surface area contributed by atoms with E-state index in [0.717, 1.165) is 40.3 Å². The molecule has 3 aromatic heterocycles. The van der Waals surface area contributed by atoms with Crippen LogP contribution >= 0.6 is 0 Å². The highest BCUT2D eigenvalue weighted by atomic mass is 16.7. The second-order valence-electron chi connectivity index (χ2n) is 7.61. The zero-order valence-electron chi connectivity index (χ0n) is 17.8. The molecule has 0 aliphatic carbocycles. The maximum Gasteiger partial charge on any atom is 0.515 e. The van der Waals surface area contributed by atoms with Crippen LogP contribution in [0.3, 0.4) is 0 Å². The van der Waals surface area contributed by atoms with Crippen molar-refractivity contribution in [3.05, 3.63) is 65.6 Å². The lowest BCUT2D eigenvalue weighted by Gasteiger charge is -2.12. The number of carbonyl (C=O) groups excluding carboxylic acids is 1. The molecule has 0 atom stereocenters. The maximum atomic E-state index is 12.1. The second kappa shape index (κ2) is 9.14. The molecule has 4 aromatic rings. The molecule has 0 aliphatic heterocycles. The highest BCUT2D eigenvalue weighted by Crippen LogP contribution is 2.34. The van der Waals surface area contributed by atoms with Crippen LogP contribution < -0.4 is 4.74 Å². The zero-order valence-corrected chi connectivity index (χ0v) is 17.8. The monoisotopic (exact) mass is 419 g/mol. The Labute approximate surface area is 180 Å². The number of H-pyrrole nitrogens is 1. The minimum Gasteiger partial charge on any atom is -0.431 e. The fourth-order valence-corrected chi connectivity index (χ4v) is 3.63. The Balaban J connectivity index is 1.72. The fourth-order valence-electron chi connectivity index (χ4n) is 3.63. The Hall–Kier alpha value is -3.45. The number of nitrogens with one attached hydrogen (secondary N) is 1. The molecule has 7 nitrogen and oxygen atoms in total. The fraction of sp³-hybridized carbons (Fsp3) is 0.292. The van der Waals surface area contributed by atoms with E-state index < -0.39 is 6.16 Å². The first kappa shape index (κ1) is 20.8. The van der Waals surface area contributed by atoms with Gasteiger partial charge in [0.1, 0.15) is 0 Å². The molecule has 1 aromatic carbocycles. The molecule has 0 spiro atoms. The minimum atomic E-state index is -0.782.